The van der Waals surface area contributed by atoms with Crippen molar-refractivity contribution in [3.05, 3.63) is 64.7 Å². The van der Waals surface area contributed by atoms with Gasteiger partial charge in [0.2, 0.25) is 0 Å². The number of rotatable bonds is 2. The fraction of sp³-hybridized carbons (Fsp3) is 0.250. The summed E-state index contributed by atoms with van der Waals surface area (Å²) in [5, 5.41) is 3.88. The predicted molar refractivity (Wildman–Crippen MR) is 96.8 cm³/mol. The Kier molecular flexibility index (Phi) is 7.90. The predicted octanol–water partition coefficient (Wildman–Crippen LogP) is 3.50. The zero-order valence-electron chi connectivity index (χ0n) is 12.6. The van der Waals surface area contributed by atoms with Crippen LogP contribution in [0.4, 0.5) is 4.39 Å². The Bertz CT molecular complexity index is 702. The van der Waals surface area contributed by atoms with Crippen LogP contribution in [0.25, 0.3) is 0 Å². The minimum Gasteiger partial charge on any atom is -0.329 e. The van der Waals surface area contributed by atoms with Crippen LogP contribution in [-0.2, 0) is 0 Å². The lowest BCUT2D eigenvalue weighted by molar-refractivity contribution is 0.0629. The average Bonchev–Trinajstić information content (AvgIpc) is 2.55. The standard InChI is InChI=1S/C16H15ClFN3O.2ClH/c17-12-3-1-2-11(8-12)15-10-20-6-7-21(15)16(22)13-4-5-19-9-14(13)18;;/h1-5,8-9,15,20H,6-7,10H2;2*1H. The maximum atomic E-state index is 13.8. The highest BCUT2D eigenvalue weighted by molar-refractivity contribution is 6.30. The first-order valence-corrected chi connectivity index (χ1v) is 7.41. The van der Waals surface area contributed by atoms with Gasteiger partial charge in [0.25, 0.3) is 5.91 Å². The molecule has 0 saturated carbocycles. The molecular formula is C16H17Cl3FN3O. The molecule has 1 aliphatic heterocycles. The second kappa shape index (κ2) is 9.18. The molecule has 1 fully saturated rings. The number of piperazine rings is 1. The van der Waals surface area contributed by atoms with Gasteiger partial charge in [-0.05, 0) is 23.8 Å². The lowest BCUT2D eigenvalue weighted by atomic mass is 10.0. The molecule has 1 saturated heterocycles. The lowest BCUT2D eigenvalue weighted by Gasteiger charge is -2.36. The van der Waals surface area contributed by atoms with Crippen molar-refractivity contribution in [3.8, 4) is 0 Å². The minimum atomic E-state index is -0.601. The van der Waals surface area contributed by atoms with E-state index in [2.05, 4.69) is 10.3 Å². The minimum absolute atomic E-state index is 0. The fourth-order valence-electron chi connectivity index (χ4n) is 2.66. The number of hydrogen-bond acceptors (Lipinski definition) is 3. The van der Waals surface area contributed by atoms with E-state index in [1.807, 2.05) is 18.2 Å². The van der Waals surface area contributed by atoms with Gasteiger partial charge in [0.1, 0.15) is 0 Å². The van der Waals surface area contributed by atoms with E-state index in [0.717, 1.165) is 11.8 Å². The van der Waals surface area contributed by atoms with Gasteiger partial charge >= 0.3 is 0 Å². The molecule has 3 rings (SSSR count). The van der Waals surface area contributed by atoms with Gasteiger partial charge in [0, 0.05) is 30.9 Å². The van der Waals surface area contributed by atoms with E-state index in [1.54, 1.807) is 11.0 Å². The molecule has 1 aliphatic rings. The fourth-order valence-corrected chi connectivity index (χ4v) is 2.86. The smallest absolute Gasteiger partial charge is 0.257 e. The lowest BCUT2D eigenvalue weighted by Crippen LogP contribution is -2.48. The van der Waals surface area contributed by atoms with Crippen molar-refractivity contribution in [1.82, 2.24) is 15.2 Å². The number of amides is 1. The monoisotopic (exact) mass is 391 g/mol. The first kappa shape index (κ1) is 20.6. The normalized spacial score (nSPS) is 16.8. The van der Waals surface area contributed by atoms with Crippen LogP contribution in [-0.4, -0.2) is 35.4 Å². The third-order valence-corrected chi connectivity index (χ3v) is 3.98. The Hall–Kier alpha value is -1.40. The molecule has 1 atom stereocenters. The summed E-state index contributed by atoms with van der Waals surface area (Å²) in [6.45, 7) is 1.80. The van der Waals surface area contributed by atoms with Gasteiger partial charge in [-0.25, -0.2) is 4.39 Å². The van der Waals surface area contributed by atoms with Crippen LogP contribution < -0.4 is 5.32 Å². The summed E-state index contributed by atoms with van der Waals surface area (Å²) in [6, 6.07) is 8.63. The number of aromatic nitrogens is 1. The molecule has 0 aliphatic carbocycles. The molecule has 4 nitrogen and oxygen atoms in total. The van der Waals surface area contributed by atoms with Crippen molar-refractivity contribution in [1.29, 1.82) is 0 Å². The number of nitrogens with one attached hydrogen (secondary N) is 1. The van der Waals surface area contributed by atoms with Crippen molar-refractivity contribution >= 4 is 42.3 Å². The number of pyridine rings is 1. The zero-order valence-corrected chi connectivity index (χ0v) is 15.0. The second-order valence-electron chi connectivity index (χ2n) is 5.13. The van der Waals surface area contributed by atoms with Gasteiger partial charge < -0.3 is 10.2 Å². The Balaban J connectivity index is 0.00000144. The summed E-state index contributed by atoms with van der Waals surface area (Å²) < 4.78 is 13.8. The van der Waals surface area contributed by atoms with E-state index < -0.39 is 5.82 Å². The van der Waals surface area contributed by atoms with Crippen LogP contribution in [0.5, 0.6) is 0 Å². The van der Waals surface area contributed by atoms with Crippen LogP contribution in [0, 0.1) is 5.82 Å². The number of carbonyl (C=O) groups excluding carboxylic acids is 1. The van der Waals surface area contributed by atoms with Crippen LogP contribution >= 0.6 is 36.4 Å². The summed E-state index contributed by atoms with van der Waals surface area (Å²) >= 11 is 6.04. The van der Waals surface area contributed by atoms with Crippen LogP contribution in [0.15, 0.2) is 42.7 Å². The van der Waals surface area contributed by atoms with E-state index in [9.17, 15) is 9.18 Å². The SMILES string of the molecule is Cl.Cl.O=C(c1ccncc1F)N1CCNCC1c1cccc(Cl)c1. The van der Waals surface area contributed by atoms with E-state index in [-0.39, 0.29) is 42.3 Å². The van der Waals surface area contributed by atoms with Crippen LogP contribution in [0.1, 0.15) is 22.0 Å². The summed E-state index contributed by atoms with van der Waals surface area (Å²) in [6.07, 6.45) is 2.48. The van der Waals surface area contributed by atoms with E-state index in [0.29, 0.717) is 24.7 Å². The quantitative estimate of drug-likeness (QED) is 0.851. The molecule has 1 unspecified atom stereocenters. The Morgan fingerprint density at radius 1 is 1.33 bits per heavy atom. The molecule has 1 aromatic carbocycles. The molecule has 2 aromatic rings. The summed E-state index contributed by atoms with van der Waals surface area (Å²) in [5.74, 6) is -0.928. The molecule has 0 radical (unpaired) electrons. The molecule has 2 heterocycles. The number of carbonyl (C=O) groups is 1. The maximum absolute atomic E-state index is 13.8. The highest BCUT2D eigenvalue weighted by atomic mass is 35.5. The molecule has 1 aromatic heterocycles. The number of halogens is 4. The maximum Gasteiger partial charge on any atom is 0.257 e. The van der Waals surface area contributed by atoms with Gasteiger partial charge in [-0.3, -0.25) is 9.78 Å². The van der Waals surface area contributed by atoms with Gasteiger partial charge in [-0.15, -0.1) is 24.8 Å². The molecule has 0 spiro atoms. The Morgan fingerprint density at radius 3 is 2.83 bits per heavy atom. The van der Waals surface area contributed by atoms with Crippen LogP contribution in [0.3, 0.4) is 0 Å². The highest BCUT2D eigenvalue weighted by Gasteiger charge is 2.30. The summed E-state index contributed by atoms with van der Waals surface area (Å²) in [7, 11) is 0. The largest absolute Gasteiger partial charge is 0.329 e. The molecule has 1 N–H and O–H groups in total. The first-order valence-electron chi connectivity index (χ1n) is 7.03. The third kappa shape index (κ3) is 4.36. The number of nitrogens with zero attached hydrogens (tertiary/aromatic N) is 2. The van der Waals surface area contributed by atoms with Gasteiger partial charge in [-0.2, -0.15) is 0 Å². The highest BCUT2D eigenvalue weighted by Crippen LogP contribution is 2.26. The number of hydrogen-bond donors (Lipinski definition) is 1. The molecule has 130 valence electrons. The van der Waals surface area contributed by atoms with E-state index >= 15 is 0 Å². The zero-order chi connectivity index (χ0) is 15.5. The molecule has 0 bridgehead atoms. The Labute approximate surface area is 157 Å². The van der Waals surface area contributed by atoms with Gasteiger partial charge in [0.15, 0.2) is 5.82 Å². The van der Waals surface area contributed by atoms with Crippen LogP contribution in [0.2, 0.25) is 5.02 Å². The van der Waals surface area contributed by atoms with Crippen molar-refractivity contribution < 1.29 is 9.18 Å². The molecule has 24 heavy (non-hydrogen) atoms. The van der Waals surface area contributed by atoms with Crippen molar-refractivity contribution in [3.63, 3.8) is 0 Å². The van der Waals surface area contributed by atoms with E-state index in [1.165, 1.54) is 12.3 Å². The first-order chi connectivity index (χ1) is 10.7. The van der Waals surface area contributed by atoms with Crippen molar-refractivity contribution in [2.75, 3.05) is 19.6 Å². The van der Waals surface area contributed by atoms with Gasteiger partial charge in [-0.1, -0.05) is 23.7 Å². The van der Waals surface area contributed by atoms with Crippen molar-refractivity contribution in [2.24, 2.45) is 0 Å². The molecular weight excluding hydrogens is 376 g/mol. The third-order valence-electron chi connectivity index (χ3n) is 3.74. The second-order valence-corrected chi connectivity index (χ2v) is 5.57. The van der Waals surface area contributed by atoms with Gasteiger partial charge in [0.05, 0.1) is 17.8 Å². The summed E-state index contributed by atoms with van der Waals surface area (Å²) in [4.78, 5) is 18.1. The topological polar surface area (TPSA) is 45.2 Å². The molecule has 8 heteroatoms. The number of benzene rings is 1. The Morgan fingerprint density at radius 2 is 2.12 bits per heavy atom. The van der Waals surface area contributed by atoms with Crippen molar-refractivity contribution in [2.45, 2.75) is 6.04 Å². The van der Waals surface area contributed by atoms with E-state index in [4.69, 9.17) is 11.6 Å². The summed E-state index contributed by atoms with van der Waals surface area (Å²) in [5.41, 5.74) is 0.978. The molecule has 1 amide bonds. The average molecular weight is 393 g/mol.